The summed E-state index contributed by atoms with van der Waals surface area (Å²) in [6.45, 7) is 0. The van der Waals surface area contributed by atoms with Gasteiger partial charge in [0.2, 0.25) is 0 Å². The summed E-state index contributed by atoms with van der Waals surface area (Å²) in [4.78, 5) is 4.08. The molecule has 0 atom stereocenters. The van der Waals surface area contributed by atoms with Crippen LogP contribution in [0.15, 0.2) is 36.5 Å². The Morgan fingerprint density at radius 2 is 1.73 bits per heavy atom. The molecule has 0 spiro atoms. The van der Waals surface area contributed by atoms with Crippen molar-refractivity contribution in [3.8, 4) is 5.75 Å². The maximum atomic E-state index is 9.33. The number of hydrogen-bond acceptors (Lipinski definition) is 3. The molecule has 0 aliphatic rings. The van der Waals surface area contributed by atoms with Crippen LogP contribution in [0.1, 0.15) is 0 Å². The number of nitrogens with zero attached hydrogens (tertiary/aromatic N) is 1. The van der Waals surface area contributed by atoms with E-state index in [9.17, 15) is 5.11 Å². The standard InChI is InChI=1S/C9H7NO.Cl2O.H2Se/c11-9-5-6-10-8-4-2-1-3-7(8)9;1-3-2;/h1-6H,(H,10,11);;1H2. The van der Waals surface area contributed by atoms with Crippen LogP contribution >= 0.6 is 23.7 Å². The van der Waals surface area contributed by atoms with Crippen molar-refractivity contribution in [1.29, 1.82) is 0 Å². The topological polar surface area (TPSA) is 42.4 Å². The molecule has 15 heavy (non-hydrogen) atoms. The summed E-state index contributed by atoms with van der Waals surface area (Å²) in [5.74, 6) is 0.288. The number of aromatic nitrogens is 1. The van der Waals surface area contributed by atoms with Crippen LogP contribution in [0.25, 0.3) is 10.9 Å². The van der Waals surface area contributed by atoms with Gasteiger partial charge in [0.05, 0.1) is 29.2 Å². The second-order valence-corrected chi connectivity index (χ2v) is 2.87. The summed E-state index contributed by atoms with van der Waals surface area (Å²) in [5.41, 5.74) is 0.826. The van der Waals surface area contributed by atoms with Crippen LogP contribution in [0.3, 0.4) is 0 Å². The monoisotopic (exact) mass is 313 g/mol. The number of fused-ring (bicyclic) bond motifs is 1. The molecule has 0 aliphatic carbocycles. The van der Waals surface area contributed by atoms with Crippen LogP contribution in [-0.2, 0) is 3.84 Å². The van der Waals surface area contributed by atoms with Crippen LogP contribution in [-0.4, -0.2) is 27.2 Å². The number of benzene rings is 1. The molecule has 2 rings (SSSR count). The molecule has 2 aromatic rings. The predicted molar refractivity (Wildman–Crippen MR) is 64.7 cm³/mol. The molecule has 3 nitrogen and oxygen atoms in total. The molecule has 0 bridgehead atoms. The molecule has 1 aromatic heterocycles. The maximum absolute atomic E-state index is 9.33. The van der Waals surface area contributed by atoms with E-state index in [0.29, 0.717) is 0 Å². The van der Waals surface area contributed by atoms with E-state index in [1.165, 1.54) is 0 Å². The van der Waals surface area contributed by atoms with Gasteiger partial charge in [-0.25, -0.2) is 0 Å². The minimum atomic E-state index is 0. The summed E-state index contributed by atoms with van der Waals surface area (Å²) in [6, 6.07) is 9.08. The number of pyridine rings is 1. The predicted octanol–water partition coefficient (Wildman–Crippen LogP) is 2.33. The van der Waals surface area contributed by atoms with Crippen molar-refractivity contribution in [1.82, 2.24) is 4.98 Å². The zero-order valence-corrected chi connectivity index (χ0v) is 11.1. The Hall–Kier alpha value is -0.511. The van der Waals surface area contributed by atoms with Gasteiger partial charge in [0, 0.05) is 11.6 Å². The van der Waals surface area contributed by atoms with Crippen LogP contribution in [0.4, 0.5) is 0 Å². The van der Waals surface area contributed by atoms with Gasteiger partial charge in [-0.15, -0.1) is 0 Å². The molecule has 6 heteroatoms. The number of rotatable bonds is 0. The normalized spacial score (nSPS) is 8.67. The van der Waals surface area contributed by atoms with Crippen molar-refractivity contribution in [2.75, 3.05) is 0 Å². The van der Waals surface area contributed by atoms with Crippen molar-refractivity contribution in [3.05, 3.63) is 36.5 Å². The Labute approximate surface area is 108 Å². The number of para-hydroxylation sites is 1. The number of hydrogen-bond donors (Lipinski definition) is 1. The van der Waals surface area contributed by atoms with Crippen molar-refractivity contribution in [2.45, 2.75) is 0 Å². The zero-order valence-electron chi connectivity index (χ0n) is 7.52. The number of aromatic hydroxyl groups is 1. The number of halogens is 2. The summed E-state index contributed by atoms with van der Waals surface area (Å²) >= 11 is 8.53. The molecule has 82 valence electrons. The Bertz CT molecular complexity index is 409. The van der Waals surface area contributed by atoms with E-state index in [0.717, 1.165) is 10.9 Å². The van der Waals surface area contributed by atoms with Crippen molar-refractivity contribution in [3.63, 3.8) is 0 Å². The van der Waals surface area contributed by atoms with Gasteiger partial charge in [-0.05, 0) is 18.2 Å². The Balaban J connectivity index is 0.000000443. The summed E-state index contributed by atoms with van der Waals surface area (Å²) in [6.07, 6.45) is 1.59. The second-order valence-electron chi connectivity index (χ2n) is 2.41. The molecule has 0 amide bonds. The third-order valence-corrected chi connectivity index (χ3v) is 1.63. The molecule has 0 saturated carbocycles. The van der Waals surface area contributed by atoms with Crippen molar-refractivity contribution >= 4 is 51.7 Å². The molecule has 1 aromatic carbocycles. The summed E-state index contributed by atoms with van der Waals surface area (Å²) < 4.78 is 3.19. The van der Waals surface area contributed by atoms with Crippen LogP contribution in [0.2, 0.25) is 0 Å². The van der Waals surface area contributed by atoms with E-state index >= 15 is 0 Å². The third-order valence-electron chi connectivity index (χ3n) is 1.63. The average Bonchev–Trinajstić information content (AvgIpc) is 2.20. The van der Waals surface area contributed by atoms with Gasteiger partial charge < -0.3 is 5.11 Å². The molecular weight excluding hydrogens is 304 g/mol. The van der Waals surface area contributed by atoms with Crippen LogP contribution in [0, 0.1) is 0 Å². The Kier molecular flexibility index (Phi) is 7.48. The van der Waals surface area contributed by atoms with E-state index in [-0.39, 0.29) is 22.8 Å². The fourth-order valence-corrected chi connectivity index (χ4v) is 1.08. The molecular formula is C9H9Cl2NO2Se. The van der Waals surface area contributed by atoms with Gasteiger partial charge in [0.25, 0.3) is 0 Å². The van der Waals surface area contributed by atoms with E-state index in [1.54, 1.807) is 12.3 Å². The minimum absolute atomic E-state index is 0. The van der Waals surface area contributed by atoms with Gasteiger partial charge >= 0.3 is 17.1 Å². The van der Waals surface area contributed by atoms with E-state index < -0.39 is 0 Å². The van der Waals surface area contributed by atoms with Crippen molar-refractivity contribution < 1.29 is 8.95 Å². The second kappa shape index (κ2) is 7.74. The van der Waals surface area contributed by atoms with Gasteiger partial charge in [0.15, 0.2) is 0 Å². The van der Waals surface area contributed by atoms with Crippen LogP contribution in [0.5, 0.6) is 5.75 Å². The fraction of sp³-hybridized carbons (Fsp3) is 0. The first-order valence-electron chi connectivity index (χ1n) is 3.71. The Morgan fingerprint density at radius 1 is 1.13 bits per heavy atom. The summed E-state index contributed by atoms with van der Waals surface area (Å²) in [7, 11) is 0. The SMILES string of the molecule is ClOCl.Oc1ccnc2ccccc12.[SeH2]. The molecule has 0 fully saturated rings. The first-order valence-corrected chi connectivity index (χ1v) is 4.33. The van der Waals surface area contributed by atoms with E-state index in [2.05, 4.69) is 32.6 Å². The first kappa shape index (κ1) is 14.5. The zero-order chi connectivity index (χ0) is 10.4. The van der Waals surface area contributed by atoms with E-state index in [1.807, 2.05) is 24.3 Å². The molecule has 1 N–H and O–H groups in total. The molecule has 1 heterocycles. The fourth-order valence-electron chi connectivity index (χ4n) is 1.08. The van der Waals surface area contributed by atoms with Gasteiger partial charge in [-0.1, -0.05) is 12.1 Å². The first-order chi connectivity index (χ1) is 6.79. The van der Waals surface area contributed by atoms with Gasteiger partial charge in [0.1, 0.15) is 5.75 Å². The van der Waals surface area contributed by atoms with Gasteiger partial charge in [-0.3, -0.25) is 4.98 Å². The molecule has 0 saturated heterocycles. The van der Waals surface area contributed by atoms with Crippen molar-refractivity contribution in [2.24, 2.45) is 0 Å². The molecule has 0 unspecified atom stereocenters. The quantitative estimate of drug-likeness (QED) is 0.759. The summed E-state index contributed by atoms with van der Waals surface area (Å²) in [5, 5.41) is 10.1. The molecule has 0 aliphatic heterocycles. The van der Waals surface area contributed by atoms with Crippen LogP contribution < -0.4 is 0 Å². The Morgan fingerprint density at radius 3 is 2.33 bits per heavy atom. The van der Waals surface area contributed by atoms with Gasteiger partial charge in [-0.2, -0.15) is 3.84 Å². The molecule has 0 radical (unpaired) electrons. The van der Waals surface area contributed by atoms with E-state index in [4.69, 9.17) is 0 Å². The average molecular weight is 313 g/mol. The third kappa shape index (κ3) is 4.24.